The number of ketones is 1. The van der Waals surface area contributed by atoms with Crippen molar-refractivity contribution in [2.75, 3.05) is 0 Å². The first-order chi connectivity index (χ1) is 7.00. The molecule has 0 radical (unpaired) electrons. The van der Waals surface area contributed by atoms with Gasteiger partial charge in [0.2, 0.25) is 0 Å². The molecule has 2 atom stereocenters. The number of phenolic OH excluding ortho intramolecular Hbond substituents is 1. The predicted molar refractivity (Wildman–Crippen MR) is 57.7 cm³/mol. The molecular formula is C12H16O3. The molecule has 0 aromatic heterocycles. The lowest BCUT2D eigenvalue weighted by Gasteiger charge is -2.15. The fourth-order valence-electron chi connectivity index (χ4n) is 1.52. The molecule has 1 rings (SSSR count). The van der Waals surface area contributed by atoms with Crippen LogP contribution in [0, 0.1) is 5.92 Å². The number of phenols is 1. The number of benzene rings is 1. The van der Waals surface area contributed by atoms with Gasteiger partial charge in [0.25, 0.3) is 0 Å². The monoisotopic (exact) mass is 208 g/mol. The SMILES string of the molecule is CC(=O)C(O)C(C)Cc1ccc(O)cc1. The van der Waals surface area contributed by atoms with E-state index in [1.807, 2.05) is 6.92 Å². The van der Waals surface area contributed by atoms with Crippen molar-refractivity contribution in [1.82, 2.24) is 0 Å². The Morgan fingerprint density at radius 3 is 2.33 bits per heavy atom. The molecule has 0 aliphatic heterocycles. The number of carbonyl (C=O) groups is 1. The van der Waals surface area contributed by atoms with Crippen molar-refractivity contribution in [2.45, 2.75) is 26.4 Å². The van der Waals surface area contributed by atoms with Gasteiger partial charge in [-0.05, 0) is 37.0 Å². The molecule has 3 heteroatoms. The Labute approximate surface area is 89.4 Å². The van der Waals surface area contributed by atoms with E-state index < -0.39 is 6.10 Å². The average Bonchev–Trinajstić information content (AvgIpc) is 2.20. The highest BCUT2D eigenvalue weighted by atomic mass is 16.3. The molecule has 0 saturated heterocycles. The highest BCUT2D eigenvalue weighted by Gasteiger charge is 2.18. The second-order valence-electron chi connectivity index (χ2n) is 3.90. The first-order valence-corrected chi connectivity index (χ1v) is 4.97. The summed E-state index contributed by atoms with van der Waals surface area (Å²) in [5.41, 5.74) is 1.00. The standard InChI is InChI=1S/C12H16O3/c1-8(12(15)9(2)13)7-10-3-5-11(14)6-4-10/h3-6,8,12,14-15H,7H2,1-2H3. The molecule has 3 nitrogen and oxygen atoms in total. The van der Waals surface area contributed by atoms with Crippen LogP contribution >= 0.6 is 0 Å². The van der Waals surface area contributed by atoms with E-state index in [1.54, 1.807) is 24.3 Å². The molecule has 2 unspecified atom stereocenters. The van der Waals surface area contributed by atoms with Crippen molar-refractivity contribution in [3.8, 4) is 5.75 Å². The van der Waals surface area contributed by atoms with E-state index >= 15 is 0 Å². The third-order valence-corrected chi connectivity index (χ3v) is 2.45. The van der Waals surface area contributed by atoms with E-state index in [9.17, 15) is 9.90 Å². The minimum Gasteiger partial charge on any atom is -0.508 e. The first-order valence-electron chi connectivity index (χ1n) is 4.97. The van der Waals surface area contributed by atoms with Crippen LogP contribution in [0.2, 0.25) is 0 Å². The number of hydrogen-bond donors (Lipinski definition) is 2. The lowest BCUT2D eigenvalue weighted by Crippen LogP contribution is -2.26. The minimum atomic E-state index is -0.904. The van der Waals surface area contributed by atoms with Crippen molar-refractivity contribution >= 4 is 5.78 Å². The van der Waals surface area contributed by atoms with Crippen LogP contribution in [0.5, 0.6) is 5.75 Å². The van der Waals surface area contributed by atoms with Gasteiger partial charge in [0.05, 0.1) is 0 Å². The third-order valence-electron chi connectivity index (χ3n) is 2.45. The van der Waals surface area contributed by atoms with Crippen LogP contribution in [0.1, 0.15) is 19.4 Å². The van der Waals surface area contributed by atoms with E-state index in [-0.39, 0.29) is 17.5 Å². The molecule has 0 aliphatic rings. The Morgan fingerprint density at radius 1 is 1.33 bits per heavy atom. The van der Waals surface area contributed by atoms with Crippen LogP contribution in [-0.4, -0.2) is 22.1 Å². The number of Topliss-reactive ketones (excluding diaryl/α,β-unsaturated/α-hetero) is 1. The minimum absolute atomic E-state index is 0.105. The molecule has 0 bridgehead atoms. The summed E-state index contributed by atoms with van der Waals surface area (Å²) in [4.78, 5) is 10.9. The van der Waals surface area contributed by atoms with E-state index in [4.69, 9.17) is 5.11 Å². The number of aliphatic hydroxyl groups is 1. The van der Waals surface area contributed by atoms with Gasteiger partial charge >= 0.3 is 0 Å². The van der Waals surface area contributed by atoms with Crippen molar-refractivity contribution in [3.05, 3.63) is 29.8 Å². The zero-order valence-corrected chi connectivity index (χ0v) is 8.97. The van der Waals surface area contributed by atoms with Gasteiger partial charge in [-0.2, -0.15) is 0 Å². The molecule has 0 spiro atoms. The second-order valence-corrected chi connectivity index (χ2v) is 3.90. The summed E-state index contributed by atoms with van der Waals surface area (Å²) in [5.74, 6) is -0.0909. The van der Waals surface area contributed by atoms with Crippen LogP contribution in [-0.2, 0) is 11.2 Å². The maximum absolute atomic E-state index is 10.9. The van der Waals surface area contributed by atoms with Gasteiger partial charge in [0, 0.05) is 0 Å². The summed E-state index contributed by atoms with van der Waals surface area (Å²) >= 11 is 0. The Morgan fingerprint density at radius 2 is 1.87 bits per heavy atom. The van der Waals surface area contributed by atoms with Gasteiger partial charge in [-0.3, -0.25) is 4.79 Å². The maximum Gasteiger partial charge on any atom is 0.158 e. The van der Waals surface area contributed by atoms with Crippen LogP contribution in [0.15, 0.2) is 24.3 Å². The summed E-state index contributed by atoms with van der Waals surface area (Å²) in [7, 11) is 0. The van der Waals surface area contributed by atoms with Gasteiger partial charge in [-0.15, -0.1) is 0 Å². The number of rotatable bonds is 4. The van der Waals surface area contributed by atoms with Crippen molar-refractivity contribution < 1.29 is 15.0 Å². The van der Waals surface area contributed by atoms with Crippen molar-refractivity contribution in [3.63, 3.8) is 0 Å². The number of aliphatic hydroxyl groups excluding tert-OH is 1. The lowest BCUT2D eigenvalue weighted by molar-refractivity contribution is -0.127. The van der Waals surface area contributed by atoms with Gasteiger partial charge in [0.15, 0.2) is 5.78 Å². The van der Waals surface area contributed by atoms with E-state index in [0.717, 1.165) is 5.56 Å². The number of aromatic hydroxyl groups is 1. The molecule has 82 valence electrons. The molecular weight excluding hydrogens is 192 g/mol. The Kier molecular flexibility index (Phi) is 3.86. The summed E-state index contributed by atoms with van der Waals surface area (Å²) < 4.78 is 0. The smallest absolute Gasteiger partial charge is 0.158 e. The maximum atomic E-state index is 10.9. The highest BCUT2D eigenvalue weighted by Crippen LogP contribution is 2.15. The van der Waals surface area contributed by atoms with Crippen LogP contribution in [0.25, 0.3) is 0 Å². The fourth-order valence-corrected chi connectivity index (χ4v) is 1.52. The van der Waals surface area contributed by atoms with Crippen molar-refractivity contribution in [1.29, 1.82) is 0 Å². The molecule has 0 amide bonds. The Balaban J connectivity index is 2.62. The summed E-state index contributed by atoms with van der Waals surface area (Å²) in [6.45, 7) is 3.22. The zero-order chi connectivity index (χ0) is 11.4. The van der Waals surface area contributed by atoms with Gasteiger partial charge in [-0.25, -0.2) is 0 Å². The molecule has 1 aromatic carbocycles. The Hall–Kier alpha value is -1.35. The average molecular weight is 208 g/mol. The predicted octanol–water partition coefficient (Wildman–Crippen LogP) is 1.52. The quantitative estimate of drug-likeness (QED) is 0.788. The van der Waals surface area contributed by atoms with Crippen LogP contribution < -0.4 is 0 Å². The van der Waals surface area contributed by atoms with Crippen LogP contribution in [0.4, 0.5) is 0 Å². The molecule has 0 saturated carbocycles. The molecule has 15 heavy (non-hydrogen) atoms. The van der Waals surface area contributed by atoms with Gasteiger partial charge < -0.3 is 10.2 Å². The lowest BCUT2D eigenvalue weighted by atomic mass is 9.94. The van der Waals surface area contributed by atoms with Gasteiger partial charge in [0.1, 0.15) is 11.9 Å². The zero-order valence-electron chi connectivity index (χ0n) is 8.97. The first kappa shape index (κ1) is 11.7. The molecule has 0 heterocycles. The normalized spacial score (nSPS) is 14.6. The van der Waals surface area contributed by atoms with Crippen molar-refractivity contribution in [2.24, 2.45) is 5.92 Å². The summed E-state index contributed by atoms with van der Waals surface area (Å²) in [6, 6.07) is 6.78. The summed E-state index contributed by atoms with van der Waals surface area (Å²) in [6.07, 6.45) is -0.278. The number of carbonyl (C=O) groups excluding carboxylic acids is 1. The molecule has 1 aromatic rings. The van der Waals surface area contributed by atoms with Crippen LogP contribution in [0.3, 0.4) is 0 Å². The van der Waals surface area contributed by atoms with E-state index in [1.165, 1.54) is 6.92 Å². The Bertz CT molecular complexity index is 329. The van der Waals surface area contributed by atoms with E-state index in [2.05, 4.69) is 0 Å². The fraction of sp³-hybridized carbons (Fsp3) is 0.417. The third kappa shape index (κ3) is 3.36. The molecule has 2 N–H and O–H groups in total. The molecule has 0 fully saturated rings. The van der Waals surface area contributed by atoms with Gasteiger partial charge in [-0.1, -0.05) is 19.1 Å². The second kappa shape index (κ2) is 4.94. The number of hydrogen-bond acceptors (Lipinski definition) is 3. The highest BCUT2D eigenvalue weighted by molar-refractivity contribution is 5.80. The topological polar surface area (TPSA) is 57.5 Å². The largest absolute Gasteiger partial charge is 0.508 e. The summed E-state index contributed by atoms with van der Waals surface area (Å²) in [5, 5.41) is 18.6. The molecule has 0 aliphatic carbocycles. The van der Waals surface area contributed by atoms with E-state index in [0.29, 0.717) is 6.42 Å².